The highest BCUT2D eigenvalue weighted by Gasteiger charge is 2.38. The molecular formula is C27H43F2N3O3. The number of hydrogen-bond donors (Lipinski definition) is 5. The molecule has 1 amide bonds. The van der Waals surface area contributed by atoms with Crippen LogP contribution in [0.2, 0.25) is 0 Å². The van der Waals surface area contributed by atoms with Crippen LogP contribution in [-0.4, -0.2) is 48.5 Å². The quantitative estimate of drug-likeness (QED) is 0.304. The predicted molar refractivity (Wildman–Crippen MR) is 132 cm³/mol. The Morgan fingerprint density at radius 1 is 1.09 bits per heavy atom. The van der Waals surface area contributed by atoms with Gasteiger partial charge in [-0.3, -0.25) is 4.79 Å². The number of rotatable bonds is 11. The lowest BCUT2D eigenvalue weighted by Crippen LogP contribution is -2.44. The normalized spacial score (nSPS) is 25.3. The molecule has 5 N–H and O–H groups in total. The fourth-order valence-electron chi connectivity index (χ4n) is 6.25. The molecule has 35 heavy (non-hydrogen) atoms. The number of carbonyl (C=O) groups excluding carboxylic acids is 1. The highest BCUT2D eigenvalue weighted by molar-refractivity contribution is 5.72. The first kappa shape index (κ1) is 28.0. The number of piperidine rings is 2. The summed E-state index contributed by atoms with van der Waals surface area (Å²) in [6, 6.07) is 3.96. The van der Waals surface area contributed by atoms with Crippen LogP contribution >= 0.6 is 0 Å². The maximum atomic E-state index is 14.5. The molecule has 0 saturated carbocycles. The molecule has 2 saturated heterocycles. The van der Waals surface area contributed by atoms with Gasteiger partial charge in [0.05, 0.1) is 5.60 Å². The summed E-state index contributed by atoms with van der Waals surface area (Å²) in [5, 5.41) is 31.2. The minimum absolute atomic E-state index is 0.00465. The standard InChI is InChI=1S/C27H43F2N3O3/c1-18(33)32-25(34)11-10-21(19-6-4-14-30-16-19)22(20-7-5-15-31-17-20)12-13-27(2,35)23-8-3-9-24(28)26(23)29/h3,8-9,19-22,25,30-31,34-35H,4-7,10-17H2,1-2H3,(H,32,33)/t19-,20-,21+,22?,25?,27?/m0/s1. The molecule has 2 aliphatic heterocycles. The van der Waals surface area contributed by atoms with Gasteiger partial charge in [-0.2, -0.15) is 0 Å². The Bertz CT molecular complexity index is 811. The Labute approximate surface area is 208 Å². The Morgan fingerprint density at radius 2 is 1.69 bits per heavy atom. The van der Waals surface area contributed by atoms with E-state index in [2.05, 4.69) is 16.0 Å². The highest BCUT2D eigenvalue weighted by atomic mass is 19.2. The average molecular weight is 496 g/mol. The fourth-order valence-corrected chi connectivity index (χ4v) is 6.25. The van der Waals surface area contributed by atoms with Crippen molar-refractivity contribution in [3.05, 3.63) is 35.4 Å². The summed E-state index contributed by atoms with van der Waals surface area (Å²) in [5.74, 6) is -0.828. The molecule has 0 aliphatic carbocycles. The molecule has 3 unspecified atom stereocenters. The van der Waals surface area contributed by atoms with E-state index in [9.17, 15) is 23.8 Å². The number of hydrogen-bond acceptors (Lipinski definition) is 5. The minimum atomic E-state index is -1.49. The van der Waals surface area contributed by atoms with Crippen LogP contribution in [0.3, 0.4) is 0 Å². The highest BCUT2D eigenvalue weighted by Crippen LogP contribution is 2.42. The van der Waals surface area contributed by atoms with E-state index in [-0.39, 0.29) is 23.3 Å². The number of nitrogens with one attached hydrogen (secondary N) is 3. The van der Waals surface area contributed by atoms with Gasteiger partial charge in [0.25, 0.3) is 0 Å². The number of benzene rings is 1. The molecule has 1 aromatic carbocycles. The maximum Gasteiger partial charge on any atom is 0.218 e. The first-order chi connectivity index (χ1) is 16.7. The third-order valence-electron chi connectivity index (χ3n) is 8.07. The summed E-state index contributed by atoms with van der Waals surface area (Å²) < 4.78 is 28.4. The summed E-state index contributed by atoms with van der Waals surface area (Å²) in [6.45, 7) is 6.76. The third kappa shape index (κ3) is 7.94. The zero-order valence-corrected chi connectivity index (χ0v) is 21.2. The van der Waals surface area contributed by atoms with E-state index in [4.69, 9.17) is 0 Å². The number of carbonyl (C=O) groups is 1. The van der Waals surface area contributed by atoms with E-state index >= 15 is 0 Å². The van der Waals surface area contributed by atoms with Gasteiger partial charge in [0.2, 0.25) is 5.91 Å². The predicted octanol–water partition coefficient (Wildman–Crippen LogP) is 3.42. The van der Waals surface area contributed by atoms with Crippen LogP contribution in [0.15, 0.2) is 18.2 Å². The number of aliphatic hydroxyl groups excluding tert-OH is 1. The Balaban J connectivity index is 1.82. The number of halogens is 2. The molecule has 0 bridgehead atoms. The van der Waals surface area contributed by atoms with Crippen LogP contribution in [0.25, 0.3) is 0 Å². The molecule has 3 rings (SSSR count). The zero-order valence-electron chi connectivity index (χ0n) is 21.2. The molecule has 8 heteroatoms. The number of aliphatic hydroxyl groups is 2. The van der Waals surface area contributed by atoms with Gasteiger partial charge in [0.1, 0.15) is 6.23 Å². The van der Waals surface area contributed by atoms with Crippen molar-refractivity contribution in [3.8, 4) is 0 Å². The summed E-state index contributed by atoms with van der Waals surface area (Å²) in [7, 11) is 0. The second kappa shape index (κ2) is 13.1. The molecule has 0 spiro atoms. The smallest absolute Gasteiger partial charge is 0.218 e. The first-order valence-corrected chi connectivity index (χ1v) is 13.2. The van der Waals surface area contributed by atoms with Crippen molar-refractivity contribution < 1.29 is 23.8 Å². The summed E-state index contributed by atoms with van der Waals surface area (Å²) >= 11 is 0. The lowest BCUT2D eigenvalue weighted by Gasteiger charge is -2.43. The van der Waals surface area contributed by atoms with Gasteiger partial charge in [0, 0.05) is 12.5 Å². The van der Waals surface area contributed by atoms with Crippen molar-refractivity contribution in [2.24, 2.45) is 23.7 Å². The zero-order chi connectivity index (χ0) is 25.4. The Hall–Kier alpha value is -1.61. The molecule has 1 aromatic rings. The SMILES string of the molecule is CC(=O)NC(O)CC[C@@H](C(CCC(C)(O)c1cccc(F)c1F)[C@H]1CCCNC1)[C@H]1CCCNC1. The summed E-state index contributed by atoms with van der Waals surface area (Å²) in [6.07, 6.45) is 5.68. The molecule has 0 radical (unpaired) electrons. The molecule has 0 aromatic heterocycles. The van der Waals surface area contributed by atoms with E-state index in [1.54, 1.807) is 6.92 Å². The van der Waals surface area contributed by atoms with Crippen molar-refractivity contribution in [1.82, 2.24) is 16.0 Å². The van der Waals surface area contributed by atoms with Gasteiger partial charge < -0.3 is 26.2 Å². The van der Waals surface area contributed by atoms with Gasteiger partial charge in [-0.25, -0.2) is 8.78 Å². The lowest BCUT2D eigenvalue weighted by molar-refractivity contribution is -0.122. The van der Waals surface area contributed by atoms with Crippen LogP contribution in [0.4, 0.5) is 8.78 Å². The topological polar surface area (TPSA) is 93.6 Å². The lowest BCUT2D eigenvalue weighted by atomic mass is 9.66. The van der Waals surface area contributed by atoms with E-state index < -0.39 is 23.5 Å². The monoisotopic (exact) mass is 495 g/mol. The first-order valence-electron chi connectivity index (χ1n) is 13.2. The van der Waals surface area contributed by atoms with Crippen LogP contribution in [0.5, 0.6) is 0 Å². The fraction of sp³-hybridized carbons (Fsp3) is 0.741. The summed E-state index contributed by atoms with van der Waals surface area (Å²) in [5.41, 5.74) is -1.49. The van der Waals surface area contributed by atoms with E-state index in [0.29, 0.717) is 31.1 Å². The van der Waals surface area contributed by atoms with Crippen molar-refractivity contribution in [1.29, 1.82) is 0 Å². The second-order valence-electron chi connectivity index (χ2n) is 10.7. The van der Waals surface area contributed by atoms with Crippen molar-refractivity contribution in [3.63, 3.8) is 0 Å². The van der Waals surface area contributed by atoms with Gasteiger partial charge in [-0.05, 0) is 114 Å². The van der Waals surface area contributed by atoms with Gasteiger partial charge >= 0.3 is 0 Å². The van der Waals surface area contributed by atoms with Crippen LogP contribution in [-0.2, 0) is 10.4 Å². The molecular weight excluding hydrogens is 452 g/mol. The molecule has 2 fully saturated rings. The van der Waals surface area contributed by atoms with Crippen molar-refractivity contribution in [2.75, 3.05) is 26.2 Å². The summed E-state index contributed by atoms with van der Waals surface area (Å²) in [4.78, 5) is 11.4. The minimum Gasteiger partial charge on any atom is -0.385 e. The molecule has 6 atom stereocenters. The van der Waals surface area contributed by atoms with Gasteiger partial charge in [0.15, 0.2) is 11.6 Å². The van der Waals surface area contributed by atoms with Gasteiger partial charge in [-0.1, -0.05) is 12.1 Å². The van der Waals surface area contributed by atoms with Crippen LogP contribution in [0, 0.1) is 35.3 Å². The van der Waals surface area contributed by atoms with Crippen molar-refractivity contribution in [2.45, 2.75) is 77.0 Å². The molecule has 2 aliphatic rings. The Kier molecular flexibility index (Phi) is 10.5. The largest absolute Gasteiger partial charge is 0.385 e. The molecule has 2 heterocycles. The van der Waals surface area contributed by atoms with Crippen LogP contribution < -0.4 is 16.0 Å². The Morgan fingerprint density at radius 3 is 2.23 bits per heavy atom. The van der Waals surface area contributed by atoms with Gasteiger partial charge in [-0.15, -0.1) is 0 Å². The van der Waals surface area contributed by atoms with Crippen molar-refractivity contribution >= 4 is 5.91 Å². The molecule has 6 nitrogen and oxygen atoms in total. The van der Waals surface area contributed by atoms with Crippen LogP contribution in [0.1, 0.15) is 70.8 Å². The second-order valence-corrected chi connectivity index (χ2v) is 10.7. The third-order valence-corrected chi connectivity index (χ3v) is 8.07. The van der Waals surface area contributed by atoms with E-state index in [0.717, 1.165) is 64.3 Å². The van der Waals surface area contributed by atoms with E-state index in [1.165, 1.54) is 19.1 Å². The number of amides is 1. The maximum absolute atomic E-state index is 14.5. The average Bonchev–Trinajstić information content (AvgIpc) is 2.83. The molecule has 198 valence electrons. The van der Waals surface area contributed by atoms with E-state index in [1.807, 2.05) is 0 Å².